The monoisotopic (exact) mass is 265 g/mol. The van der Waals surface area contributed by atoms with Crippen LogP contribution in [0.2, 0.25) is 0 Å². The molecule has 16 heavy (non-hydrogen) atoms. The fraction of sp³-hybridized carbons (Fsp3) is 0.750. The second-order valence-corrected chi connectivity index (χ2v) is 6.22. The molecule has 0 atom stereocenters. The van der Waals surface area contributed by atoms with Gasteiger partial charge in [0.1, 0.15) is 5.75 Å². The topological polar surface area (TPSA) is 83.7 Å². The van der Waals surface area contributed by atoms with Gasteiger partial charge in [0.15, 0.2) is 0 Å². The van der Waals surface area contributed by atoms with Crippen LogP contribution >= 0.6 is 12.2 Å². The lowest BCUT2D eigenvalue weighted by Gasteiger charge is -2.18. The highest BCUT2D eigenvalue weighted by Crippen LogP contribution is 2.08. The van der Waals surface area contributed by atoms with Gasteiger partial charge in [-0.1, -0.05) is 12.2 Å². The Balaban J connectivity index is 2.80. The average molecular weight is 265 g/mol. The molecule has 0 aromatic rings. The molecule has 0 aliphatic carbocycles. The molecule has 1 aliphatic rings. The molecular formula is C8H15N3O3S2. The predicted octanol–water partition coefficient (Wildman–Crippen LogP) is -1.23. The molecule has 6 nitrogen and oxygen atoms in total. The smallest absolute Gasteiger partial charge is 0.237 e. The van der Waals surface area contributed by atoms with E-state index in [4.69, 9.17) is 5.73 Å². The standard InChI is InChI=1S/C8H15N3O3S2/c1-10-3-2-4-11(5-8(10)12)16(13,14)6-7(9)15/h2-6H2,1H3,(H2,9,15). The number of amides is 1. The number of hydrogen-bond acceptors (Lipinski definition) is 4. The first kappa shape index (κ1) is 13.3. The van der Waals surface area contributed by atoms with E-state index in [1.165, 1.54) is 4.90 Å². The normalized spacial score (nSPS) is 19.6. The zero-order valence-electron chi connectivity index (χ0n) is 9.05. The van der Waals surface area contributed by atoms with Crippen molar-refractivity contribution in [3.63, 3.8) is 0 Å². The van der Waals surface area contributed by atoms with E-state index in [9.17, 15) is 13.2 Å². The SMILES string of the molecule is CN1CCCN(S(=O)(=O)CC(N)=S)CC1=O. The number of likely N-dealkylation sites (N-methyl/N-ethyl adjacent to an activating group) is 1. The van der Waals surface area contributed by atoms with Crippen LogP contribution in [-0.4, -0.2) is 61.0 Å². The third-order valence-electron chi connectivity index (χ3n) is 2.36. The van der Waals surface area contributed by atoms with Gasteiger partial charge in [-0.3, -0.25) is 4.79 Å². The quantitative estimate of drug-likeness (QED) is 0.646. The molecule has 8 heteroatoms. The summed E-state index contributed by atoms with van der Waals surface area (Å²) in [4.78, 5) is 13.0. The largest absolute Gasteiger partial charge is 0.392 e. The molecule has 1 aliphatic heterocycles. The number of rotatable bonds is 3. The first-order chi connectivity index (χ1) is 7.33. The minimum Gasteiger partial charge on any atom is -0.392 e. The molecule has 1 saturated heterocycles. The van der Waals surface area contributed by atoms with E-state index in [0.717, 1.165) is 4.31 Å². The van der Waals surface area contributed by atoms with Gasteiger partial charge in [-0.25, -0.2) is 8.42 Å². The summed E-state index contributed by atoms with van der Waals surface area (Å²) in [5.41, 5.74) is 5.22. The van der Waals surface area contributed by atoms with Crippen LogP contribution in [0.15, 0.2) is 0 Å². The number of thiocarbonyl (C=S) groups is 1. The van der Waals surface area contributed by atoms with Crippen LogP contribution in [0.5, 0.6) is 0 Å². The van der Waals surface area contributed by atoms with Gasteiger partial charge in [-0.05, 0) is 6.42 Å². The molecular weight excluding hydrogens is 250 g/mol. The first-order valence-corrected chi connectivity index (χ1v) is 6.85. The Morgan fingerprint density at radius 1 is 1.50 bits per heavy atom. The van der Waals surface area contributed by atoms with Crippen LogP contribution in [0.25, 0.3) is 0 Å². The lowest BCUT2D eigenvalue weighted by atomic mass is 10.4. The molecule has 0 saturated carbocycles. The summed E-state index contributed by atoms with van der Waals surface area (Å²) >= 11 is 4.58. The molecule has 1 rings (SSSR count). The lowest BCUT2D eigenvalue weighted by Crippen LogP contribution is -2.41. The predicted molar refractivity (Wildman–Crippen MR) is 64.4 cm³/mol. The molecule has 0 aromatic heterocycles. The van der Waals surface area contributed by atoms with Gasteiger partial charge in [-0.15, -0.1) is 0 Å². The molecule has 0 unspecified atom stereocenters. The summed E-state index contributed by atoms with van der Waals surface area (Å²) in [5, 5.41) is 0. The first-order valence-electron chi connectivity index (χ1n) is 4.83. The minimum atomic E-state index is -3.54. The van der Waals surface area contributed by atoms with Gasteiger partial charge in [-0.2, -0.15) is 4.31 Å². The highest BCUT2D eigenvalue weighted by atomic mass is 32.2. The zero-order chi connectivity index (χ0) is 12.3. The molecule has 1 fully saturated rings. The van der Waals surface area contributed by atoms with Crippen molar-refractivity contribution in [2.24, 2.45) is 5.73 Å². The van der Waals surface area contributed by atoms with Gasteiger partial charge >= 0.3 is 0 Å². The third kappa shape index (κ3) is 3.39. The van der Waals surface area contributed by atoms with Gasteiger partial charge in [0.05, 0.1) is 11.5 Å². The second-order valence-electron chi connectivity index (χ2n) is 3.72. The van der Waals surface area contributed by atoms with Crippen LogP contribution in [0.4, 0.5) is 0 Å². The van der Waals surface area contributed by atoms with Gasteiger partial charge in [0, 0.05) is 20.1 Å². The van der Waals surface area contributed by atoms with E-state index >= 15 is 0 Å². The molecule has 0 radical (unpaired) electrons. The molecule has 0 spiro atoms. The molecule has 92 valence electrons. The van der Waals surface area contributed by atoms with E-state index in [1.54, 1.807) is 7.05 Å². The van der Waals surface area contributed by atoms with Crippen molar-refractivity contribution in [2.75, 3.05) is 32.4 Å². The minimum absolute atomic E-state index is 0.0787. The van der Waals surface area contributed by atoms with Crippen molar-refractivity contribution in [3.8, 4) is 0 Å². The van der Waals surface area contributed by atoms with Gasteiger partial charge in [0.25, 0.3) is 0 Å². The number of hydrogen-bond donors (Lipinski definition) is 1. The fourth-order valence-electron chi connectivity index (χ4n) is 1.47. The summed E-state index contributed by atoms with van der Waals surface area (Å²) in [6.07, 6.45) is 0.624. The average Bonchev–Trinajstić information content (AvgIpc) is 2.28. The Kier molecular flexibility index (Phi) is 4.22. The van der Waals surface area contributed by atoms with Crippen molar-refractivity contribution in [3.05, 3.63) is 0 Å². The van der Waals surface area contributed by atoms with Gasteiger partial charge < -0.3 is 10.6 Å². The van der Waals surface area contributed by atoms with Crippen LogP contribution in [0, 0.1) is 0 Å². The summed E-state index contributed by atoms with van der Waals surface area (Å²) in [6.45, 7) is 0.778. The molecule has 0 bridgehead atoms. The third-order valence-corrected chi connectivity index (χ3v) is 4.46. The fourth-order valence-corrected chi connectivity index (χ4v) is 3.17. The number of nitrogens with zero attached hydrogens (tertiary/aromatic N) is 2. The van der Waals surface area contributed by atoms with Crippen molar-refractivity contribution in [1.82, 2.24) is 9.21 Å². The van der Waals surface area contributed by atoms with Crippen molar-refractivity contribution < 1.29 is 13.2 Å². The maximum absolute atomic E-state index is 11.8. The summed E-state index contributed by atoms with van der Waals surface area (Å²) in [5.74, 6) is -0.580. The van der Waals surface area contributed by atoms with E-state index in [1.807, 2.05) is 0 Å². The number of carbonyl (C=O) groups is 1. The van der Waals surface area contributed by atoms with Gasteiger partial charge in [0.2, 0.25) is 15.9 Å². The summed E-state index contributed by atoms with van der Waals surface area (Å²) in [6, 6.07) is 0. The highest BCUT2D eigenvalue weighted by molar-refractivity contribution is 7.92. The van der Waals surface area contributed by atoms with Crippen LogP contribution in [-0.2, 0) is 14.8 Å². The molecule has 2 N–H and O–H groups in total. The highest BCUT2D eigenvalue weighted by Gasteiger charge is 2.28. The Hall–Kier alpha value is -0.730. The Bertz CT molecular complexity index is 393. The van der Waals surface area contributed by atoms with E-state index in [-0.39, 0.29) is 23.2 Å². The zero-order valence-corrected chi connectivity index (χ0v) is 10.7. The van der Waals surface area contributed by atoms with Crippen molar-refractivity contribution >= 4 is 33.1 Å². The summed E-state index contributed by atoms with van der Waals surface area (Å²) in [7, 11) is -1.88. The van der Waals surface area contributed by atoms with Crippen LogP contribution < -0.4 is 5.73 Å². The lowest BCUT2D eigenvalue weighted by molar-refractivity contribution is -0.129. The van der Waals surface area contributed by atoms with Crippen molar-refractivity contribution in [1.29, 1.82) is 0 Å². The van der Waals surface area contributed by atoms with Crippen LogP contribution in [0.1, 0.15) is 6.42 Å². The number of carbonyl (C=O) groups excluding carboxylic acids is 1. The van der Waals surface area contributed by atoms with E-state index in [0.29, 0.717) is 19.5 Å². The molecule has 1 heterocycles. The number of nitrogens with two attached hydrogens (primary N) is 1. The summed E-state index contributed by atoms with van der Waals surface area (Å²) < 4.78 is 24.7. The van der Waals surface area contributed by atoms with Crippen LogP contribution in [0.3, 0.4) is 0 Å². The molecule has 1 amide bonds. The molecule has 0 aromatic carbocycles. The Morgan fingerprint density at radius 3 is 2.69 bits per heavy atom. The Morgan fingerprint density at radius 2 is 2.12 bits per heavy atom. The number of sulfonamides is 1. The maximum Gasteiger partial charge on any atom is 0.237 e. The maximum atomic E-state index is 11.8. The van der Waals surface area contributed by atoms with E-state index in [2.05, 4.69) is 12.2 Å². The second kappa shape index (κ2) is 5.07. The van der Waals surface area contributed by atoms with E-state index < -0.39 is 10.0 Å². The van der Waals surface area contributed by atoms with Crippen molar-refractivity contribution in [2.45, 2.75) is 6.42 Å². The Labute approximate surface area is 100 Å².